The highest BCUT2D eigenvalue weighted by atomic mass is 32.3. The summed E-state index contributed by atoms with van der Waals surface area (Å²) >= 11 is 0. The molecule has 4 heterocycles. The van der Waals surface area contributed by atoms with E-state index in [1.165, 1.54) is 0 Å². The Morgan fingerprint density at radius 1 is 1.06 bits per heavy atom. The molecule has 3 N–H and O–H groups in total. The summed E-state index contributed by atoms with van der Waals surface area (Å²) in [6.07, 6.45) is 3.50. The molecule has 1 aromatic carbocycles. The van der Waals surface area contributed by atoms with Crippen molar-refractivity contribution in [2.75, 3.05) is 29.9 Å². The molecular formula is C22H23N5O3S. The number of hydrogen-bond acceptors (Lipinski definition) is 6. The van der Waals surface area contributed by atoms with Gasteiger partial charge < -0.3 is 5.32 Å². The predicted octanol–water partition coefficient (Wildman–Crippen LogP) is 3.70. The molecule has 5 rings (SSSR count). The van der Waals surface area contributed by atoms with E-state index in [9.17, 15) is 13.9 Å². The molecule has 0 atom stereocenters. The van der Waals surface area contributed by atoms with E-state index in [1.54, 1.807) is 10.6 Å². The number of carbonyl (C=O) groups excluding carboxylic acids is 1. The number of amides is 1. The number of imidazole rings is 1. The Morgan fingerprint density at radius 3 is 2.68 bits per heavy atom. The second-order valence-corrected chi connectivity index (χ2v) is 10.1. The van der Waals surface area contributed by atoms with Crippen LogP contribution in [0, 0.1) is 0 Å². The van der Waals surface area contributed by atoms with Gasteiger partial charge in [-0.15, -0.1) is 0 Å². The highest BCUT2D eigenvalue weighted by Gasteiger charge is 2.25. The van der Waals surface area contributed by atoms with E-state index in [2.05, 4.69) is 20.2 Å². The van der Waals surface area contributed by atoms with Crippen LogP contribution in [-0.4, -0.2) is 58.9 Å². The lowest BCUT2D eigenvalue weighted by atomic mass is 10.1. The van der Waals surface area contributed by atoms with Gasteiger partial charge in [0.1, 0.15) is 5.82 Å². The summed E-state index contributed by atoms with van der Waals surface area (Å²) in [7, 11) is -2.45. The van der Waals surface area contributed by atoms with Crippen LogP contribution < -0.4 is 5.32 Å². The monoisotopic (exact) mass is 437 g/mol. The molecule has 1 saturated heterocycles. The van der Waals surface area contributed by atoms with Crippen molar-refractivity contribution in [1.29, 1.82) is 0 Å². The van der Waals surface area contributed by atoms with Crippen molar-refractivity contribution in [3.63, 3.8) is 0 Å². The summed E-state index contributed by atoms with van der Waals surface area (Å²) in [4.78, 5) is 24.3. The first kappa shape index (κ1) is 20.0. The van der Waals surface area contributed by atoms with Gasteiger partial charge in [0.05, 0.1) is 22.7 Å². The van der Waals surface area contributed by atoms with Crippen molar-refractivity contribution in [3.8, 4) is 0 Å². The molecule has 0 spiro atoms. The maximum Gasteiger partial charge on any atom is 0.293 e. The molecule has 4 aromatic rings. The van der Waals surface area contributed by atoms with Crippen LogP contribution in [0.25, 0.3) is 16.3 Å². The Morgan fingerprint density at radius 2 is 1.84 bits per heavy atom. The van der Waals surface area contributed by atoms with Crippen molar-refractivity contribution in [3.05, 3.63) is 72.4 Å². The summed E-state index contributed by atoms with van der Waals surface area (Å²) in [5.41, 5.74) is 1.64. The molecule has 0 unspecified atom stereocenters. The van der Waals surface area contributed by atoms with Gasteiger partial charge in [-0.3, -0.25) is 23.2 Å². The summed E-state index contributed by atoms with van der Waals surface area (Å²) < 4.78 is 21.5. The maximum atomic E-state index is 13.2. The van der Waals surface area contributed by atoms with Crippen LogP contribution >= 0.6 is 10.6 Å². The topological polar surface area (TPSA) is 103 Å². The Bertz CT molecular complexity index is 1260. The van der Waals surface area contributed by atoms with Crippen molar-refractivity contribution in [1.82, 2.24) is 19.3 Å². The van der Waals surface area contributed by atoms with E-state index < -0.39 is 10.6 Å². The lowest BCUT2D eigenvalue weighted by molar-refractivity contribution is 0.101. The summed E-state index contributed by atoms with van der Waals surface area (Å²) in [5, 5.41) is 4.78. The minimum atomic E-state index is -2.45. The number of aromatic nitrogens is 3. The van der Waals surface area contributed by atoms with E-state index in [0.29, 0.717) is 42.8 Å². The number of anilines is 1. The molecule has 0 saturated carbocycles. The zero-order valence-electron chi connectivity index (χ0n) is 16.8. The van der Waals surface area contributed by atoms with Gasteiger partial charge in [-0.05, 0) is 23.6 Å². The molecule has 1 fully saturated rings. The van der Waals surface area contributed by atoms with Gasteiger partial charge in [0.15, 0.2) is 0 Å². The third-order valence-electron chi connectivity index (χ3n) is 5.58. The first-order valence-electron chi connectivity index (χ1n) is 10.1. The standard InChI is InChI=1S/C22H23N5O3S/c28-22(25-20-17-6-2-1-5-16(17)8-9-23-20)21-24-18(19-7-3-4-10-27(19)21)15-26-11-13-31(29,30)14-12-26/h1-10,29-30H,11-15H2,(H,23,25,28). The number of carbonyl (C=O) groups is 1. The lowest BCUT2D eigenvalue weighted by Gasteiger charge is -2.40. The van der Waals surface area contributed by atoms with Crippen LogP contribution in [0.4, 0.5) is 5.82 Å². The fourth-order valence-corrected chi connectivity index (χ4v) is 5.20. The van der Waals surface area contributed by atoms with E-state index in [4.69, 9.17) is 0 Å². The summed E-state index contributed by atoms with van der Waals surface area (Å²) in [6.45, 7) is 1.73. The number of fused-ring (bicyclic) bond motifs is 2. The van der Waals surface area contributed by atoms with Crippen LogP contribution in [0.2, 0.25) is 0 Å². The second-order valence-electron chi connectivity index (χ2n) is 7.66. The molecule has 9 heteroatoms. The van der Waals surface area contributed by atoms with Crippen LogP contribution in [0.15, 0.2) is 60.9 Å². The van der Waals surface area contributed by atoms with E-state index in [1.807, 2.05) is 54.7 Å². The molecule has 1 aliphatic rings. The molecule has 160 valence electrons. The van der Waals surface area contributed by atoms with Gasteiger partial charge in [0, 0.05) is 37.4 Å². The third-order valence-corrected chi connectivity index (χ3v) is 7.25. The van der Waals surface area contributed by atoms with Crippen molar-refractivity contribution in [2.24, 2.45) is 0 Å². The van der Waals surface area contributed by atoms with E-state index in [-0.39, 0.29) is 5.91 Å². The smallest absolute Gasteiger partial charge is 0.293 e. The predicted molar refractivity (Wildman–Crippen MR) is 123 cm³/mol. The van der Waals surface area contributed by atoms with Crippen LogP contribution in [-0.2, 0) is 6.54 Å². The maximum absolute atomic E-state index is 13.2. The molecule has 0 aliphatic carbocycles. The van der Waals surface area contributed by atoms with Gasteiger partial charge in [-0.1, -0.05) is 30.3 Å². The van der Waals surface area contributed by atoms with E-state index in [0.717, 1.165) is 22.0 Å². The van der Waals surface area contributed by atoms with Gasteiger partial charge in [-0.2, -0.15) is 10.6 Å². The Labute approximate surface area is 180 Å². The number of benzene rings is 1. The molecule has 3 aromatic heterocycles. The first-order valence-corrected chi connectivity index (χ1v) is 12.0. The lowest BCUT2D eigenvalue weighted by Crippen LogP contribution is -2.37. The molecule has 8 nitrogen and oxygen atoms in total. The zero-order valence-corrected chi connectivity index (χ0v) is 17.6. The van der Waals surface area contributed by atoms with Gasteiger partial charge in [0.2, 0.25) is 5.82 Å². The van der Waals surface area contributed by atoms with Crippen LogP contribution in [0.5, 0.6) is 0 Å². The minimum absolute atomic E-state index is 0.293. The van der Waals surface area contributed by atoms with Crippen molar-refractivity contribution in [2.45, 2.75) is 6.54 Å². The first-order chi connectivity index (χ1) is 15.0. The number of nitrogens with one attached hydrogen (secondary N) is 1. The third kappa shape index (κ3) is 4.00. The highest BCUT2D eigenvalue weighted by molar-refractivity contribution is 8.24. The number of rotatable bonds is 4. The summed E-state index contributed by atoms with van der Waals surface area (Å²) in [5.74, 6) is 1.21. The Balaban J connectivity index is 1.44. The van der Waals surface area contributed by atoms with Crippen molar-refractivity contribution < 1.29 is 13.9 Å². The number of pyridine rings is 2. The van der Waals surface area contributed by atoms with E-state index >= 15 is 0 Å². The minimum Gasteiger partial charge on any atom is -0.303 e. The average Bonchev–Trinajstić information content (AvgIpc) is 3.14. The van der Waals surface area contributed by atoms with Crippen LogP contribution in [0.1, 0.15) is 16.3 Å². The fourth-order valence-electron chi connectivity index (χ4n) is 3.90. The molecule has 31 heavy (non-hydrogen) atoms. The fraction of sp³-hybridized carbons (Fsp3) is 0.227. The molecule has 0 bridgehead atoms. The highest BCUT2D eigenvalue weighted by Crippen LogP contribution is 2.40. The van der Waals surface area contributed by atoms with Crippen molar-refractivity contribution >= 4 is 38.6 Å². The van der Waals surface area contributed by atoms with Gasteiger partial charge >= 0.3 is 0 Å². The normalized spacial score (nSPS) is 17.6. The summed E-state index contributed by atoms with van der Waals surface area (Å²) in [6, 6.07) is 15.4. The largest absolute Gasteiger partial charge is 0.303 e. The SMILES string of the molecule is O=C(Nc1nccc2ccccc12)c1nc(CN2CCS(O)(O)CC2)c2ccccn12. The molecule has 0 radical (unpaired) electrons. The number of hydrogen-bond donors (Lipinski definition) is 3. The van der Waals surface area contributed by atoms with Crippen LogP contribution in [0.3, 0.4) is 0 Å². The molecular weight excluding hydrogens is 414 g/mol. The average molecular weight is 438 g/mol. The van der Waals surface area contributed by atoms with Gasteiger partial charge in [0.25, 0.3) is 5.91 Å². The Kier molecular flexibility index (Phi) is 5.11. The Hall–Kier alpha value is -2.98. The zero-order chi connectivity index (χ0) is 21.4. The van der Waals surface area contributed by atoms with Gasteiger partial charge in [-0.25, -0.2) is 9.97 Å². The second kappa shape index (κ2) is 7.93. The quantitative estimate of drug-likeness (QED) is 0.450. The molecule has 1 aliphatic heterocycles. The number of nitrogens with zero attached hydrogens (tertiary/aromatic N) is 4. The molecule has 1 amide bonds.